The van der Waals surface area contributed by atoms with Gasteiger partial charge in [0.1, 0.15) is 0 Å². The molecule has 1 aliphatic rings. The van der Waals surface area contributed by atoms with Gasteiger partial charge in [0.15, 0.2) is 0 Å². The van der Waals surface area contributed by atoms with Gasteiger partial charge in [0.25, 0.3) is 0 Å². The predicted molar refractivity (Wildman–Crippen MR) is 66.8 cm³/mol. The maximum atomic E-state index is 10.6. The average Bonchev–Trinajstić information content (AvgIpc) is 2.83. The highest BCUT2D eigenvalue weighted by molar-refractivity contribution is 7.09. The lowest BCUT2D eigenvalue weighted by Crippen LogP contribution is -2.31. The van der Waals surface area contributed by atoms with Crippen LogP contribution >= 0.6 is 11.3 Å². The topological polar surface area (TPSA) is 20.2 Å². The Balaban J connectivity index is 1.83. The van der Waals surface area contributed by atoms with Crippen molar-refractivity contribution in [2.75, 3.05) is 0 Å². The summed E-state index contributed by atoms with van der Waals surface area (Å²) < 4.78 is 0. The van der Waals surface area contributed by atoms with E-state index in [4.69, 9.17) is 0 Å². The van der Waals surface area contributed by atoms with Gasteiger partial charge in [0, 0.05) is 24.1 Å². The molecule has 2 aromatic rings. The molecule has 0 radical (unpaired) electrons. The Morgan fingerprint density at radius 2 is 1.75 bits per heavy atom. The van der Waals surface area contributed by atoms with Crippen LogP contribution in [-0.2, 0) is 19.3 Å². The first-order valence-electron chi connectivity index (χ1n) is 5.57. The van der Waals surface area contributed by atoms with E-state index in [1.54, 1.807) is 11.3 Å². The van der Waals surface area contributed by atoms with Gasteiger partial charge >= 0.3 is 0 Å². The molecule has 1 heterocycles. The van der Waals surface area contributed by atoms with E-state index in [9.17, 15) is 5.11 Å². The zero-order valence-corrected chi connectivity index (χ0v) is 9.83. The van der Waals surface area contributed by atoms with Gasteiger partial charge in [-0.1, -0.05) is 30.3 Å². The molecular formula is C14H14OS. The van der Waals surface area contributed by atoms with Crippen molar-refractivity contribution in [3.63, 3.8) is 0 Å². The lowest BCUT2D eigenvalue weighted by molar-refractivity contribution is 0.0526. The van der Waals surface area contributed by atoms with Crippen molar-refractivity contribution in [2.45, 2.75) is 24.9 Å². The molecule has 0 unspecified atom stereocenters. The Bertz CT molecular complexity index is 457. The fourth-order valence-corrected chi connectivity index (χ4v) is 3.38. The van der Waals surface area contributed by atoms with Crippen LogP contribution < -0.4 is 0 Å². The standard InChI is InChI=1S/C14H14OS/c15-14(10-13-6-3-7-16-13)8-11-4-1-2-5-12(11)9-14/h1-7,15H,8-10H2. The molecule has 1 nitrogen and oxygen atoms in total. The number of hydrogen-bond donors (Lipinski definition) is 1. The number of thiophene rings is 1. The summed E-state index contributed by atoms with van der Waals surface area (Å²) in [6.45, 7) is 0. The normalized spacial score (nSPS) is 17.3. The number of fused-ring (bicyclic) bond motifs is 1. The van der Waals surface area contributed by atoms with Gasteiger partial charge in [-0.2, -0.15) is 0 Å². The summed E-state index contributed by atoms with van der Waals surface area (Å²) >= 11 is 1.73. The van der Waals surface area contributed by atoms with Gasteiger partial charge < -0.3 is 5.11 Å². The smallest absolute Gasteiger partial charge is 0.0776 e. The molecule has 0 aliphatic heterocycles. The monoisotopic (exact) mass is 230 g/mol. The van der Waals surface area contributed by atoms with E-state index in [0.29, 0.717) is 0 Å². The van der Waals surface area contributed by atoms with Gasteiger partial charge in [-0.25, -0.2) is 0 Å². The molecule has 0 fully saturated rings. The molecule has 1 aliphatic carbocycles. The molecule has 1 aromatic carbocycles. The molecule has 1 N–H and O–H groups in total. The fraction of sp³-hybridized carbons (Fsp3) is 0.286. The molecule has 0 amide bonds. The Hall–Kier alpha value is -1.12. The van der Waals surface area contributed by atoms with Crippen LogP contribution in [0.3, 0.4) is 0 Å². The minimum Gasteiger partial charge on any atom is -0.389 e. The summed E-state index contributed by atoms with van der Waals surface area (Å²) in [5.41, 5.74) is 2.05. The third kappa shape index (κ3) is 1.79. The number of hydrogen-bond acceptors (Lipinski definition) is 2. The lowest BCUT2D eigenvalue weighted by atomic mass is 9.95. The minimum absolute atomic E-state index is 0.561. The minimum atomic E-state index is -0.561. The van der Waals surface area contributed by atoms with Crippen molar-refractivity contribution in [1.29, 1.82) is 0 Å². The quantitative estimate of drug-likeness (QED) is 0.841. The Kier molecular flexibility index (Phi) is 2.34. The maximum Gasteiger partial charge on any atom is 0.0776 e. The Morgan fingerprint density at radius 3 is 2.31 bits per heavy atom. The molecular weight excluding hydrogens is 216 g/mol. The van der Waals surface area contributed by atoms with Crippen molar-refractivity contribution in [1.82, 2.24) is 0 Å². The van der Waals surface area contributed by atoms with Crippen LogP contribution in [0.15, 0.2) is 41.8 Å². The third-order valence-corrected chi connectivity index (χ3v) is 4.12. The van der Waals surface area contributed by atoms with Crippen LogP contribution in [0.1, 0.15) is 16.0 Å². The van der Waals surface area contributed by atoms with Gasteiger partial charge in [-0.05, 0) is 22.6 Å². The van der Waals surface area contributed by atoms with Gasteiger partial charge in [0.05, 0.1) is 5.60 Å². The molecule has 0 atom stereocenters. The van der Waals surface area contributed by atoms with Gasteiger partial charge in [0.2, 0.25) is 0 Å². The SMILES string of the molecule is OC1(Cc2cccs2)Cc2ccccc2C1. The highest BCUT2D eigenvalue weighted by Gasteiger charge is 2.35. The second-order valence-electron chi connectivity index (χ2n) is 4.60. The molecule has 0 saturated heterocycles. The molecule has 0 bridgehead atoms. The van der Waals surface area contributed by atoms with E-state index in [1.807, 2.05) is 6.07 Å². The van der Waals surface area contributed by atoms with Gasteiger partial charge in [-0.3, -0.25) is 0 Å². The second kappa shape index (κ2) is 3.72. The molecule has 2 heteroatoms. The first kappa shape index (κ1) is 10.1. The van der Waals surface area contributed by atoms with Crippen molar-refractivity contribution in [3.05, 3.63) is 57.8 Å². The van der Waals surface area contributed by atoms with Crippen LogP contribution in [0, 0.1) is 0 Å². The molecule has 0 saturated carbocycles. The number of aliphatic hydroxyl groups is 1. The predicted octanol–water partition coefficient (Wildman–Crippen LogP) is 2.82. The summed E-state index contributed by atoms with van der Waals surface area (Å²) in [5, 5.41) is 12.7. The summed E-state index contributed by atoms with van der Waals surface area (Å²) in [7, 11) is 0. The van der Waals surface area contributed by atoms with E-state index in [-0.39, 0.29) is 0 Å². The molecule has 0 spiro atoms. The molecule has 16 heavy (non-hydrogen) atoms. The second-order valence-corrected chi connectivity index (χ2v) is 5.63. The van der Waals surface area contributed by atoms with Crippen LogP contribution in [0.2, 0.25) is 0 Å². The number of benzene rings is 1. The van der Waals surface area contributed by atoms with E-state index in [0.717, 1.165) is 19.3 Å². The van der Waals surface area contributed by atoms with E-state index in [2.05, 4.69) is 35.7 Å². The van der Waals surface area contributed by atoms with Crippen molar-refractivity contribution in [2.24, 2.45) is 0 Å². The molecule has 82 valence electrons. The van der Waals surface area contributed by atoms with Crippen LogP contribution in [0.25, 0.3) is 0 Å². The van der Waals surface area contributed by atoms with Crippen molar-refractivity contribution >= 4 is 11.3 Å². The van der Waals surface area contributed by atoms with Crippen molar-refractivity contribution in [3.8, 4) is 0 Å². The summed E-state index contributed by atoms with van der Waals surface area (Å²) in [4.78, 5) is 1.27. The van der Waals surface area contributed by atoms with Crippen LogP contribution in [0.5, 0.6) is 0 Å². The first-order valence-corrected chi connectivity index (χ1v) is 6.45. The highest BCUT2D eigenvalue weighted by Crippen LogP contribution is 2.33. The average molecular weight is 230 g/mol. The van der Waals surface area contributed by atoms with Crippen molar-refractivity contribution < 1.29 is 5.11 Å². The summed E-state index contributed by atoms with van der Waals surface area (Å²) in [6.07, 6.45) is 2.36. The third-order valence-electron chi connectivity index (χ3n) is 3.24. The van der Waals surface area contributed by atoms with E-state index >= 15 is 0 Å². The molecule has 1 aromatic heterocycles. The maximum absolute atomic E-state index is 10.6. The van der Waals surface area contributed by atoms with Crippen LogP contribution in [0.4, 0.5) is 0 Å². The Labute approximate surface area is 99.4 Å². The zero-order chi connectivity index (χ0) is 11.0. The zero-order valence-electron chi connectivity index (χ0n) is 9.02. The number of rotatable bonds is 2. The molecule has 3 rings (SSSR count). The first-order chi connectivity index (χ1) is 7.75. The fourth-order valence-electron chi connectivity index (χ4n) is 2.54. The lowest BCUT2D eigenvalue weighted by Gasteiger charge is -2.21. The van der Waals surface area contributed by atoms with E-state index in [1.165, 1.54) is 16.0 Å². The Morgan fingerprint density at radius 1 is 1.06 bits per heavy atom. The highest BCUT2D eigenvalue weighted by atomic mass is 32.1. The van der Waals surface area contributed by atoms with Crippen LogP contribution in [-0.4, -0.2) is 10.7 Å². The summed E-state index contributed by atoms with van der Waals surface area (Å²) in [5.74, 6) is 0. The van der Waals surface area contributed by atoms with E-state index < -0.39 is 5.60 Å². The summed E-state index contributed by atoms with van der Waals surface area (Å²) in [6, 6.07) is 12.5. The largest absolute Gasteiger partial charge is 0.389 e. The van der Waals surface area contributed by atoms with Gasteiger partial charge in [-0.15, -0.1) is 11.3 Å².